The number of rotatable bonds is 5. The molecule has 7 nitrogen and oxygen atoms in total. The molecule has 0 aromatic carbocycles. The Morgan fingerprint density at radius 1 is 1.45 bits per heavy atom. The van der Waals surface area contributed by atoms with E-state index in [2.05, 4.69) is 4.72 Å². The lowest BCUT2D eigenvalue weighted by Gasteiger charge is -2.30. The van der Waals surface area contributed by atoms with Crippen LogP contribution in [0.25, 0.3) is 0 Å². The Labute approximate surface area is 136 Å². The number of aliphatic carboxylic acids is 1. The molecule has 0 radical (unpaired) electrons. The van der Waals surface area contributed by atoms with E-state index in [0.717, 1.165) is 11.3 Å². The van der Waals surface area contributed by atoms with Crippen LogP contribution in [0.1, 0.15) is 12.8 Å². The lowest BCUT2D eigenvalue weighted by atomic mass is 9.98. The van der Waals surface area contributed by atoms with E-state index in [4.69, 9.17) is 16.7 Å². The van der Waals surface area contributed by atoms with Gasteiger partial charge in [-0.1, -0.05) is 11.6 Å². The second-order valence-corrected chi connectivity index (χ2v) is 8.61. The third-order valence-electron chi connectivity index (χ3n) is 3.35. The van der Waals surface area contributed by atoms with Gasteiger partial charge in [-0.25, -0.2) is 13.1 Å². The maximum atomic E-state index is 12.0. The van der Waals surface area contributed by atoms with Gasteiger partial charge in [0.25, 0.3) is 10.0 Å². The maximum absolute atomic E-state index is 12.0. The minimum absolute atomic E-state index is 0.0346. The summed E-state index contributed by atoms with van der Waals surface area (Å²) in [6.45, 7) is 0.153. The number of carbonyl (C=O) groups is 2. The van der Waals surface area contributed by atoms with Gasteiger partial charge in [-0.3, -0.25) is 9.59 Å². The number of carbonyl (C=O) groups excluding carboxylic acids is 1. The molecule has 1 amide bonds. The van der Waals surface area contributed by atoms with E-state index in [1.54, 1.807) is 0 Å². The summed E-state index contributed by atoms with van der Waals surface area (Å²) in [5.41, 5.74) is 0. The predicted molar refractivity (Wildman–Crippen MR) is 81.5 cm³/mol. The minimum atomic E-state index is -3.78. The van der Waals surface area contributed by atoms with Gasteiger partial charge >= 0.3 is 5.97 Å². The number of hydrogen-bond acceptors (Lipinski definition) is 5. The molecule has 122 valence electrons. The van der Waals surface area contributed by atoms with E-state index in [1.165, 1.54) is 17.0 Å². The zero-order valence-corrected chi connectivity index (χ0v) is 13.9. The van der Waals surface area contributed by atoms with Crippen LogP contribution >= 0.6 is 22.9 Å². The van der Waals surface area contributed by atoms with Crippen LogP contribution in [-0.4, -0.2) is 49.9 Å². The first-order valence-corrected chi connectivity index (χ1v) is 9.23. The summed E-state index contributed by atoms with van der Waals surface area (Å²) in [5.74, 6) is -1.96. The summed E-state index contributed by atoms with van der Waals surface area (Å²) < 4.78 is 26.6. The van der Waals surface area contributed by atoms with Gasteiger partial charge in [0.15, 0.2) is 0 Å². The van der Waals surface area contributed by atoms with Crippen LogP contribution in [0.4, 0.5) is 0 Å². The summed E-state index contributed by atoms with van der Waals surface area (Å²) in [4.78, 5) is 24.4. The van der Waals surface area contributed by atoms with Gasteiger partial charge in [0.2, 0.25) is 5.91 Å². The van der Waals surface area contributed by atoms with Crippen molar-refractivity contribution in [1.29, 1.82) is 0 Å². The van der Waals surface area contributed by atoms with Gasteiger partial charge < -0.3 is 10.0 Å². The highest BCUT2D eigenvalue weighted by Gasteiger charge is 2.28. The Balaban J connectivity index is 1.93. The quantitative estimate of drug-likeness (QED) is 0.809. The first-order valence-electron chi connectivity index (χ1n) is 6.55. The molecule has 22 heavy (non-hydrogen) atoms. The van der Waals surface area contributed by atoms with Crippen molar-refractivity contribution >= 4 is 44.8 Å². The molecule has 1 aliphatic rings. The number of carboxylic acid groups (broad SMARTS) is 1. The van der Waals surface area contributed by atoms with Crippen molar-refractivity contribution in [2.45, 2.75) is 17.1 Å². The van der Waals surface area contributed by atoms with Crippen molar-refractivity contribution in [1.82, 2.24) is 9.62 Å². The molecular formula is C12H15ClN2O5S2. The Hall–Kier alpha value is -1.16. The van der Waals surface area contributed by atoms with E-state index >= 15 is 0 Å². The van der Waals surface area contributed by atoms with Crippen molar-refractivity contribution in [2.24, 2.45) is 5.92 Å². The second-order valence-electron chi connectivity index (χ2n) is 4.90. The molecule has 1 aliphatic heterocycles. The van der Waals surface area contributed by atoms with Crippen molar-refractivity contribution in [3.8, 4) is 0 Å². The largest absolute Gasteiger partial charge is 0.481 e. The normalized spacial score (nSPS) is 19.1. The molecule has 1 unspecified atom stereocenters. The molecule has 0 saturated carbocycles. The third-order valence-corrected chi connectivity index (χ3v) is 6.47. The van der Waals surface area contributed by atoms with E-state index in [9.17, 15) is 18.0 Å². The van der Waals surface area contributed by atoms with Crippen LogP contribution in [0.5, 0.6) is 0 Å². The molecule has 2 heterocycles. The summed E-state index contributed by atoms with van der Waals surface area (Å²) >= 11 is 6.59. The average molecular weight is 367 g/mol. The maximum Gasteiger partial charge on any atom is 0.308 e. The highest BCUT2D eigenvalue weighted by atomic mass is 35.5. The van der Waals surface area contributed by atoms with Crippen LogP contribution in [0.3, 0.4) is 0 Å². The van der Waals surface area contributed by atoms with Crippen molar-refractivity contribution in [2.75, 3.05) is 19.6 Å². The lowest BCUT2D eigenvalue weighted by Crippen LogP contribution is -2.46. The van der Waals surface area contributed by atoms with Crippen molar-refractivity contribution in [3.05, 3.63) is 16.5 Å². The van der Waals surface area contributed by atoms with E-state index < -0.39 is 34.4 Å². The fourth-order valence-electron chi connectivity index (χ4n) is 2.19. The zero-order chi connectivity index (χ0) is 16.3. The summed E-state index contributed by atoms with van der Waals surface area (Å²) in [7, 11) is -3.78. The van der Waals surface area contributed by atoms with Crippen LogP contribution < -0.4 is 4.72 Å². The van der Waals surface area contributed by atoms with E-state index in [-0.39, 0.29) is 10.8 Å². The first-order chi connectivity index (χ1) is 10.3. The Kier molecular flexibility index (Phi) is 5.43. The Bertz CT molecular complexity index is 673. The fourth-order valence-corrected chi connectivity index (χ4v) is 4.69. The molecule has 0 bridgehead atoms. The van der Waals surface area contributed by atoms with Gasteiger partial charge in [-0.15, -0.1) is 11.3 Å². The second kappa shape index (κ2) is 6.95. The highest BCUT2D eigenvalue weighted by Crippen LogP contribution is 2.25. The minimum Gasteiger partial charge on any atom is -0.481 e. The molecule has 2 rings (SSSR count). The Morgan fingerprint density at radius 2 is 2.18 bits per heavy atom. The molecule has 10 heteroatoms. The SMILES string of the molecule is O=C(O)C1CCCN(C(=O)CNS(=O)(=O)c2ccc(Cl)s2)C1. The van der Waals surface area contributed by atoms with Crippen LogP contribution in [-0.2, 0) is 19.6 Å². The van der Waals surface area contributed by atoms with E-state index in [1.807, 2.05) is 0 Å². The number of thiophene rings is 1. The fraction of sp³-hybridized carbons (Fsp3) is 0.500. The monoisotopic (exact) mass is 366 g/mol. The number of sulfonamides is 1. The van der Waals surface area contributed by atoms with E-state index in [0.29, 0.717) is 23.7 Å². The molecule has 1 aromatic rings. The van der Waals surface area contributed by atoms with Gasteiger partial charge in [0, 0.05) is 13.1 Å². The molecule has 1 fully saturated rings. The molecule has 0 spiro atoms. The summed E-state index contributed by atoms with van der Waals surface area (Å²) in [5, 5.41) is 8.99. The van der Waals surface area contributed by atoms with Gasteiger partial charge in [-0.2, -0.15) is 0 Å². The molecular weight excluding hydrogens is 352 g/mol. The standard InChI is InChI=1S/C12H15ClN2O5S2/c13-9-3-4-11(21-9)22(19,20)14-6-10(16)15-5-1-2-8(7-15)12(17)18/h3-4,8,14H,1-2,5-7H2,(H,17,18). The molecule has 1 saturated heterocycles. The number of hydrogen-bond donors (Lipinski definition) is 2. The molecule has 1 atom stereocenters. The van der Waals surface area contributed by atoms with Gasteiger partial charge in [0.05, 0.1) is 16.8 Å². The Morgan fingerprint density at radius 3 is 2.77 bits per heavy atom. The van der Waals surface area contributed by atoms with Crippen LogP contribution in [0.15, 0.2) is 16.3 Å². The topological polar surface area (TPSA) is 104 Å². The molecule has 0 aliphatic carbocycles. The number of piperidine rings is 1. The number of amides is 1. The predicted octanol–water partition coefficient (Wildman–Crippen LogP) is 1.00. The number of halogens is 1. The highest BCUT2D eigenvalue weighted by molar-refractivity contribution is 7.91. The zero-order valence-electron chi connectivity index (χ0n) is 11.5. The lowest BCUT2D eigenvalue weighted by molar-refractivity contribution is -0.145. The van der Waals surface area contributed by atoms with Gasteiger partial charge in [-0.05, 0) is 25.0 Å². The number of likely N-dealkylation sites (tertiary alicyclic amines) is 1. The third kappa shape index (κ3) is 4.19. The summed E-state index contributed by atoms with van der Waals surface area (Å²) in [6, 6.07) is 2.83. The van der Waals surface area contributed by atoms with Crippen molar-refractivity contribution < 1.29 is 23.1 Å². The number of nitrogens with one attached hydrogen (secondary N) is 1. The molecule has 1 aromatic heterocycles. The summed E-state index contributed by atoms with van der Waals surface area (Å²) in [6.07, 6.45) is 1.12. The van der Waals surface area contributed by atoms with Crippen LogP contribution in [0, 0.1) is 5.92 Å². The van der Waals surface area contributed by atoms with Gasteiger partial charge in [0.1, 0.15) is 4.21 Å². The average Bonchev–Trinajstić information content (AvgIpc) is 2.92. The number of carboxylic acids is 1. The smallest absolute Gasteiger partial charge is 0.308 e. The number of nitrogens with zero attached hydrogens (tertiary/aromatic N) is 1. The molecule has 2 N–H and O–H groups in total. The van der Waals surface area contributed by atoms with Crippen molar-refractivity contribution in [3.63, 3.8) is 0 Å². The van der Waals surface area contributed by atoms with Crippen LogP contribution in [0.2, 0.25) is 4.34 Å². The first kappa shape index (κ1) is 17.2.